The first-order valence-electron chi connectivity index (χ1n) is 6.55. The van der Waals surface area contributed by atoms with Gasteiger partial charge in [-0.2, -0.15) is 0 Å². The molecule has 0 atom stereocenters. The second kappa shape index (κ2) is 5.85. The molecule has 5 heteroatoms. The molecular weight excluding hydrogens is 270 g/mol. The van der Waals surface area contributed by atoms with Crippen LogP contribution in [0.5, 0.6) is 11.5 Å². The van der Waals surface area contributed by atoms with Crippen molar-refractivity contribution in [2.75, 3.05) is 7.11 Å². The van der Waals surface area contributed by atoms with Crippen LogP contribution >= 0.6 is 0 Å². The third-order valence-corrected chi connectivity index (χ3v) is 3.10. The highest BCUT2D eigenvalue weighted by Gasteiger charge is 2.09. The molecule has 2 aromatic carbocycles. The molecule has 0 spiro atoms. The minimum atomic E-state index is -0.0180. The number of hydrogen-bond donors (Lipinski definition) is 1. The number of aliphatic hydroxyl groups excluding tert-OH is 1. The molecule has 0 amide bonds. The quantitative estimate of drug-likeness (QED) is 0.781. The number of hydrogen-bond acceptors (Lipinski definition) is 5. The van der Waals surface area contributed by atoms with Crippen molar-refractivity contribution in [1.82, 2.24) is 4.98 Å². The lowest BCUT2D eigenvalue weighted by Gasteiger charge is -2.08. The van der Waals surface area contributed by atoms with E-state index in [-0.39, 0.29) is 13.2 Å². The molecule has 0 unspecified atom stereocenters. The number of para-hydroxylation sites is 2. The van der Waals surface area contributed by atoms with Gasteiger partial charge >= 0.3 is 0 Å². The molecule has 3 aromatic rings. The molecule has 1 heterocycles. The molecule has 0 saturated carbocycles. The van der Waals surface area contributed by atoms with Crippen molar-refractivity contribution >= 4 is 11.1 Å². The van der Waals surface area contributed by atoms with Crippen LogP contribution in [0.2, 0.25) is 0 Å². The molecule has 1 aromatic heterocycles. The van der Waals surface area contributed by atoms with E-state index in [2.05, 4.69) is 4.98 Å². The first-order chi connectivity index (χ1) is 10.3. The first kappa shape index (κ1) is 13.5. The van der Waals surface area contributed by atoms with Crippen LogP contribution in [0.1, 0.15) is 11.5 Å². The first-order valence-corrected chi connectivity index (χ1v) is 6.55. The monoisotopic (exact) mass is 285 g/mol. The fourth-order valence-electron chi connectivity index (χ4n) is 2.06. The molecule has 1 N–H and O–H groups in total. The second-order valence-corrected chi connectivity index (χ2v) is 4.51. The van der Waals surface area contributed by atoms with Gasteiger partial charge in [0.25, 0.3) is 0 Å². The fraction of sp³-hybridized carbons (Fsp3) is 0.188. The van der Waals surface area contributed by atoms with E-state index >= 15 is 0 Å². The van der Waals surface area contributed by atoms with Crippen LogP contribution in [-0.2, 0) is 13.2 Å². The van der Waals surface area contributed by atoms with Crippen LogP contribution in [0, 0.1) is 0 Å². The number of ether oxygens (including phenoxy) is 2. The Morgan fingerprint density at radius 3 is 2.71 bits per heavy atom. The summed E-state index contributed by atoms with van der Waals surface area (Å²) < 4.78 is 16.5. The molecule has 0 aliphatic heterocycles. The van der Waals surface area contributed by atoms with E-state index in [9.17, 15) is 0 Å². The smallest absolute Gasteiger partial charge is 0.233 e. The Hall–Kier alpha value is -2.53. The highest BCUT2D eigenvalue weighted by molar-refractivity contribution is 5.73. The zero-order valence-electron chi connectivity index (χ0n) is 11.6. The molecule has 3 rings (SSSR count). The third kappa shape index (κ3) is 2.83. The minimum Gasteiger partial charge on any atom is -0.493 e. The number of oxazole rings is 1. The van der Waals surface area contributed by atoms with Gasteiger partial charge in [-0.1, -0.05) is 18.2 Å². The van der Waals surface area contributed by atoms with Crippen LogP contribution < -0.4 is 9.47 Å². The lowest BCUT2D eigenvalue weighted by molar-refractivity contribution is 0.253. The molecule has 0 bridgehead atoms. The van der Waals surface area contributed by atoms with Crippen molar-refractivity contribution in [3.05, 3.63) is 53.9 Å². The Morgan fingerprint density at radius 2 is 1.95 bits per heavy atom. The zero-order chi connectivity index (χ0) is 14.7. The van der Waals surface area contributed by atoms with Crippen molar-refractivity contribution < 1.29 is 19.0 Å². The van der Waals surface area contributed by atoms with E-state index in [1.165, 1.54) is 0 Å². The van der Waals surface area contributed by atoms with Gasteiger partial charge in [-0.3, -0.25) is 0 Å². The third-order valence-electron chi connectivity index (χ3n) is 3.10. The van der Waals surface area contributed by atoms with E-state index in [0.29, 0.717) is 28.5 Å². The Kier molecular flexibility index (Phi) is 3.75. The summed E-state index contributed by atoms with van der Waals surface area (Å²) in [5.74, 6) is 1.78. The Bertz CT molecular complexity index is 751. The maximum Gasteiger partial charge on any atom is 0.233 e. The number of benzene rings is 2. The summed E-state index contributed by atoms with van der Waals surface area (Å²) in [6, 6.07) is 12.8. The Balaban J connectivity index is 1.79. The van der Waals surface area contributed by atoms with Crippen LogP contribution in [0.4, 0.5) is 0 Å². The van der Waals surface area contributed by atoms with Crippen molar-refractivity contribution in [1.29, 1.82) is 0 Å². The lowest BCUT2D eigenvalue weighted by atomic mass is 10.2. The average Bonchev–Trinajstić information content (AvgIpc) is 2.94. The van der Waals surface area contributed by atoms with Gasteiger partial charge in [-0.25, -0.2) is 4.98 Å². The Labute approximate surface area is 121 Å². The van der Waals surface area contributed by atoms with Gasteiger partial charge < -0.3 is 19.0 Å². The van der Waals surface area contributed by atoms with E-state index < -0.39 is 0 Å². The van der Waals surface area contributed by atoms with Gasteiger partial charge in [0.15, 0.2) is 23.7 Å². The molecule has 21 heavy (non-hydrogen) atoms. The van der Waals surface area contributed by atoms with E-state index in [1.54, 1.807) is 25.3 Å². The number of rotatable bonds is 5. The van der Waals surface area contributed by atoms with Crippen LogP contribution in [-0.4, -0.2) is 17.2 Å². The molecule has 0 saturated heterocycles. The molecule has 0 radical (unpaired) electrons. The Morgan fingerprint density at radius 1 is 1.14 bits per heavy atom. The number of fused-ring (bicyclic) bond motifs is 1. The highest BCUT2D eigenvalue weighted by atomic mass is 16.5. The molecule has 0 fully saturated rings. The van der Waals surface area contributed by atoms with Crippen LogP contribution in [0.25, 0.3) is 11.1 Å². The number of aromatic nitrogens is 1. The van der Waals surface area contributed by atoms with Crippen molar-refractivity contribution in [2.45, 2.75) is 13.2 Å². The summed E-state index contributed by atoms with van der Waals surface area (Å²) in [5.41, 5.74) is 2.18. The predicted molar refractivity (Wildman–Crippen MR) is 77.3 cm³/mol. The molecule has 108 valence electrons. The summed E-state index contributed by atoms with van der Waals surface area (Å²) in [4.78, 5) is 4.35. The molecular formula is C16H15NO4. The van der Waals surface area contributed by atoms with Crippen molar-refractivity contribution in [3.63, 3.8) is 0 Å². The van der Waals surface area contributed by atoms with E-state index in [1.807, 2.05) is 24.3 Å². The van der Waals surface area contributed by atoms with Gasteiger partial charge in [0.2, 0.25) is 5.89 Å². The largest absolute Gasteiger partial charge is 0.493 e. The SMILES string of the molecule is COc1ccccc1OCc1nc2cc(CO)ccc2o1. The normalized spacial score (nSPS) is 10.8. The van der Waals surface area contributed by atoms with Gasteiger partial charge in [0, 0.05) is 0 Å². The second-order valence-electron chi connectivity index (χ2n) is 4.51. The van der Waals surface area contributed by atoms with Gasteiger partial charge in [0.1, 0.15) is 5.52 Å². The summed E-state index contributed by atoms with van der Waals surface area (Å²) in [6.45, 7) is 0.194. The van der Waals surface area contributed by atoms with Crippen molar-refractivity contribution in [3.8, 4) is 11.5 Å². The zero-order valence-corrected chi connectivity index (χ0v) is 11.6. The van der Waals surface area contributed by atoms with Crippen LogP contribution in [0.15, 0.2) is 46.9 Å². The summed E-state index contributed by atoms with van der Waals surface area (Å²) in [5, 5.41) is 9.12. The summed E-state index contributed by atoms with van der Waals surface area (Å²) in [7, 11) is 1.60. The number of methoxy groups -OCH3 is 1. The maximum atomic E-state index is 9.12. The average molecular weight is 285 g/mol. The highest BCUT2D eigenvalue weighted by Crippen LogP contribution is 2.27. The standard InChI is InChI=1S/C16H15NO4/c1-19-14-4-2-3-5-15(14)20-10-16-17-12-8-11(9-18)6-7-13(12)21-16/h2-8,18H,9-10H2,1H3. The topological polar surface area (TPSA) is 64.7 Å². The number of aliphatic hydroxyl groups is 1. The van der Waals surface area contributed by atoms with Gasteiger partial charge in [0.05, 0.1) is 13.7 Å². The molecule has 0 aliphatic rings. The molecule has 0 aliphatic carbocycles. The van der Waals surface area contributed by atoms with E-state index in [4.69, 9.17) is 19.0 Å². The van der Waals surface area contributed by atoms with Gasteiger partial charge in [-0.05, 0) is 29.8 Å². The van der Waals surface area contributed by atoms with Crippen molar-refractivity contribution in [2.24, 2.45) is 0 Å². The summed E-state index contributed by atoms with van der Waals surface area (Å²) in [6.07, 6.45) is 0. The fourth-order valence-corrected chi connectivity index (χ4v) is 2.06. The van der Waals surface area contributed by atoms with Gasteiger partial charge in [-0.15, -0.1) is 0 Å². The lowest BCUT2D eigenvalue weighted by Crippen LogP contribution is -1.97. The van der Waals surface area contributed by atoms with E-state index in [0.717, 1.165) is 5.56 Å². The minimum absolute atomic E-state index is 0.0180. The predicted octanol–water partition coefficient (Wildman–Crippen LogP) is 2.91. The summed E-state index contributed by atoms with van der Waals surface area (Å²) >= 11 is 0. The maximum absolute atomic E-state index is 9.12. The van der Waals surface area contributed by atoms with Crippen LogP contribution in [0.3, 0.4) is 0 Å². The molecule has 5 nitrogen and oxygen atoms in total. The number of nitrogens with zero attached hydrogens (tertiary/aromatic N) is 1.